The van der Waals surface area contributed by atoms with Crippen LogP contribution in [0.25, 0.3) is 0 Å². The number of imidazole rings is 2. The third-order valence-electron chi connectivity index (χ3n) is 6.46. The van der Waals surface area contributed by atoms with Crippen molar-refractivity contribution in [3.63, 3.8) is 0 Å². The molecule has 4 heteroatoms. The molecular formula is C28H36N4+2. The van der Waals surface area contributed by atoms with Gasteiger partial charge in [0, 0.05) is 13.8 Å². The topological polar surface area (TPSA) is 17.6 Å². The second-order valence-corrected chi connectivity index (χ2v) is 8.72. The van der Waals surface area contributed by atoms with E-state index >= 15 is 0 Å². The molecule has 0 aliphatic rings. The van der Waals surface area contributed by atoms with Gasteiger partial charge in [-0.05, 0) is 36.8 Å². The Morgan fingerprint density at radius 1 is 0.562 bits per heavy atom. The lowest BCUT2D eigenvalue weighted by atomic mass is 10.2. The molecule has 0 N–H and O–H groups in total. The second kappa shape index (κ2) is 10.9. The first-order valence-electron chi connectivity index (χ1n) is 11.9. The highest BCUT2D eigenvalue weighted by atomic mass is 15.1. The van der Waals surface area contributed by atoms with Crippen LogP contribution in [0, 0.1) is 13.8 Å². The predicted octanol–water partition coefficient (Wildman–Crippen LogP) is 4.84. The first-order valence-corrected chi connectivity index (χ1v) is 11.9. The zero-order valence-corrected chi connectivity index (χ0v) is 19.5. The minimum atomic E-state index is 0.945. The first-order chi connectivity index (χ1) is 15.7. The summed E-state index contributed by atoms with van der Waals surface area (Å²) < 4.78 is 9.47. The Labute approximate surface area is 192 Å². The minimum absolute atomic E-state index is 0.945. The van der Waals surface area contributed by atoms with Crippen LogP contribution in [0.3, 0.4) is 0 Å². The van der Waals surface area contributed by atoms with Gasteiger partial charge in [-0.15, -0.1) is 0 Å². The molecule has 4 aromatic rings. The number of rotatable bonds is 11. The number of hydrogen-bond acceptors (Lipinski definition) is 0. The summed E-state index contributed by atoms with van der Waals surface area (Å²) >= 11 is 0. The molecule has 0 bridgehead atoms. The number of benzene rings is 2. The molecule has 0 atom stereocenters. The molecule has 0 aliphatic heterocycles. The van der Waals surface area contributed by atoms with E-state index in [0.29, 0.717) is 0 Å². The Kier molecular flexibility index (Phi) is 7.55. The van der Waals surface area contributed by atoms with Gasteiger partial charge in [-0.1, -0.05) is 60.7 Å². The van der Waals surface area contributed by atoms with Crippen LogP contribution in [0.5, 0.6) is 0 Å². The molecule has 0 unspecified atom stereocenters. The van der Waals surface area contributed by atoms with Crippen LogP contribution in [-0.4, -0.2) is 9.13 Å². The Bertz CT molecular complexity index is 1000. The number of aryl methyl sites for hydroxylation is 2. The monoisotopic (exact) mass is 428 g/mol. The van der Waals surface area contributed by atoms with E-state index in [1.165, 1.54) is 48.5 Å². The molecule has 0 amide bonds. The first kappa shape index (κ1) is 22.1. The quantitative estimate of drug-likeness (QED) is 0.240. The van der Waals surface area contributed by atoms with Gasteiger partial charge < -0.3 is 0 Å². The summed E-state index contributed by atoms with van der Waals surface area (Å²) in [6.07, 6.45) is 13.9. The number of unbranched alkanes of at least 4 members (excludes halogenated alkanes) is 3. The molecule has 2 heterocycles. The van der Waals surface area contributed by atoms with Gasteiger partial charge in [0.2, 0.25) is 0 Å². The third-order valence-corrected chi connectivity index (χ3v) is 6.46. The highest BCUT2D eigenvalue weighted by Crippen LogP contribution is 2.08. The van der Waals surface area contributed by atoms with E-state index in [1.807, 2.05) is 0 Å². The molecule has 0 aliphatic carbocycles. The van der Waals surface area contributed by atoms with Crippen molar-refractivity contribution in [1.82, 2.24) is 9.13 Å². The van der Waals surface area contributed by atoms with Crippen LogP contribution >= 0.6 is 0 Å². The van der Waals surface area contributed by atoms with Gasteiger partial charge >= 0.3 is 0 Å². The lowest BCUT2D eigenvalue weighted by Gasteiger charge is -2.03. The van der Waals surface area contributed by atoms with Crippen LogP contribution < -0.4 is 9.13 Å². The summed E-state index contributed by atoms with van der Waals surface area (Å²) in [4.78, 5) is 0. The zero-order chi connectivity index (χ0) is 22.2. The van der Waals surface area contributed by atoms with Crippen LogP contribution in [0.2, 0.25) is 0 Å². The van der Waals surface area contributed by atoms with Gasteiger partial charge in [0.1, 0.15) is 37.9 Å². The maximum Gasteiger partial charge on any atom is 0.253 e. The van der Waals surface area contributed by atoms with Crippen molar-refractivity contribution in [2.75, 3.05) is 0 Å². The molecule has 0 saturated heterocycles. The van der Waals surface area contributed by atoms with E-state index in [1.54, 1.807) is 0 Å². The number of hydrogen-bond donors (Lipinski definition) is 0. The molecule has 0 fully saturated rings. The summed E-state index contributed by atoms with van der Waals surface area (Å²) in [6, 6.07) is 21.4. The average Bonchev–Trinajstić information content (AvgIpc) is 3.34. The molecule has 4 nitrogen and oxygen atoms in total. The second-order valence-electron chi connectivity index (χ2n) is 8.72. The molecule has 4 rings (SSSR count). The van der Waals surface area contributed by atoms with Crippen molar-refractivity contribution in [1.29, 1.82) is 0 Å². The summed E-state index contributed by atoms with van der Waals surface area (Å²) in [5.74, 6) is 2.67. The molecule has 0 spiro atoms. The molecule has 32 heavy (non-hydrogen) atoms. The smallest absolute Gasteiger partial charge is 0.234 e. The molecule has 0 radical (unpaired) electrons. The van der Waals surface area contributed by atoms with Gasteiger partial charge in [0.05, 0.1) is 13.1 Å². The fourth-order valence-electron chi connectivity index (χ4n) is 4.37. The fourth-order valence-corrected chi connectivity index (χ4v) is 4.37. The maximum absolute atomic E-state index is 2.39. The van der Waals surface area contributed by atoms with Gasteiger partial charge in [-0.25, -0.2) is 18.3 Å². The Hall–Kier alpha value is -3.14. The van der Waals surface area contributed by atoms with E-state index in [2.05, 4.69) is 118 Å². The van der Waals surface area contributed by atoms with Crippen LogP contribution in [0.15, 0.2) is 85.5 Å². The molecule has 2 aromatic carbocycles. The van der Waals surface area contributed by atoms with E-state index in [-0.39, 0.29) is 0 Å². The standard InChI is InChI=1S/C28H36N4/c1-25-29(19-21-31(25)23-27-13-7-5-8-14-27)17-11-3-4-12-18-30-20-22-32(26(30)2)24-28-15-9-6-10-16-28/h5-10,13-16,19-22H,3-4,11-12,17-18,23-24H2,1-2H3/q+2. The van der Waals surface area contributed by atoms with E-state index in [9.17, 15) is 0 Å². The van der Waals surface area contributed by atoms with E-state index in [4.69, 9.17) is 0 Å². The van der Waals surface area contributed by atoms with Crippen LogP contribution in [-0.2, 0) is 26.2 Å². The Balaban J connectivity index is 1.18. The molecule has 166 valence electrons. The van der Waals surface area contributed by atoms with Gasteiger partial charge in [0.25, 0.3) is 11.6 Å². The van der Waals surface area contributed by atoms with Crippen molar-refractivity contribution in [3.8, 4) is 0 Å². The van der Waals surface area contributed by atoms with Gasteiger partial charge in [-0.3, -0.25) is 0 Å². The van der Waals surface area contributed by atoms with Crippen molar-refractivity contribution >= 4 is 0 Å². The number of nitrogens with zero attached hydrogens (tertiary/aromatic N) is 4. The van der Waals surface area contributed by atoms with Gasteiger partial charge in [-0.2, -0.15) is 0 Å². The van der Waals surface area contributed by atoms with Crippen molar-refractivity contribution in [2.24, 2.45) is 0 Å². The van der Waals surface area contributed by atoms with Crippen LogP contribution in [0.1, 0.15) is 48.5 Å². The highest BCUT2D eigenvalue weighted by molar-refractivity contribution is 5.14. The minimum Gasteiger partial charge on any atom is -0.234 e. The SMILES string of the molecule is Cc1n(CCCCCCn2cc[n+](Cc3ccccc3)c2C)cc[n+]1Cc1ccccc1. The predicted molar refractivity (Wildman–Crippen MR) is 128 cm³/mol. The van der Waals surface area contributed by atoms with Crippen molar-refractivity contribution in [2.45, 2.75) is 65.7 Å². The average molecular weight is 429 g/mol. The van der Waals surface area contributed by atoms with Gasteiger partial charge in [0.15, 0.2) is 0 Å². The maximum atomic E-state index is 2.39. The Morgan fingerprint density at radius 2 is 0.969 bits per heavy atom. The van der Waals surface area contributed by atoms with Crippen molar-refractivity contribution < 1.29 is 9.13 Å². The van der Waals surface area contributed by atoms with Crippen molar-refractivity contribution in [3.05, 3.63) is 108 Å². The highest BCUT2D eigenvalue weighted by Gasteiger charge is 2.13. The molecular weight excluding hydrogens is 392 g/mol. The summed E-state index contributed by atoms with van der Waals surface area (Å²) in [6.45, 7) is 8.55. The third kappa shape index (κ3) is 5.76. The fraction of sp³-hybridized carbons (Fsp3) is 0.357. The number of aromatic nitrogens is 4. The lowest BCUT2D eigenvalue weighted by Crippen LogP contribution is -2.36. The summed E-state index contributed by atoms with van der Waals surface area (Å²) in [5.41, 5.74) is 2.70. The zero-order valence-electron chi connectivity index (χ0n) is 19.5. The summed E-state index contributed by atoms with van der Waals surface area (Å²) in [7, 11) is 0. The largest absolute Gasteiger partial charge is 0.253 e. The summed E-state index contributed by atoms with van der Waals surface area (Å²) in [5, 5.41) is 0. The van der Waals surface area contributed by atoms with E-state index in [0.717, 1.165) is 26.2 Å². The van der Waals surface area contributed by atoms with Crippen LogP contribution in [0.4, 0.5) is 0 Å². The Morgan fingerprint density at radius 3 is 1.38 bits per heavy atom. The molecule has 2 aromatic heterocycles. The molecule has 0 saturated carbocycles. The normalized spacial score (nSPS) is 11.2. The van der Waals surface area contributed by atoms with E-state index < -0.39 is 0 Å². The lowest BCUT2D eigenvalue weighted by molar-refractivity contribution is -0.694.